The van der Waals surface area contributed by atoms with Gasteiger partial charge in [-0.2, -0.15) is 0 Å². The highest BCUT2D eigenvalue weighted by molar-refractivity contribution is 7.93. The first-order valence-electron chi connectivity index (χ1n) is 6.98. The minimum absolute atomic E-state index is 0.0843. The number of phenolic OH excluding ortho intramolecular Hbond substituents is 1. The third-order valence-corrected chi connectivity index (χ3v) is 6.04. The van der Waals surface area contributed by atoms with Gasteiger partial charge in [-0.3, -0.25) is 4.31 Å². The largest absolute Gasteiger partial charge is 0.508 e. The molecule has 0 aromatic heterocycles. The first-order chi connectivity index (χ1) is 9.46. The molecule has 20 heavy (non-hydrogen) atoms. The zero-order valence-corrected chi connectivity index (χ0v) is 12.8. The maximum Gasteiger partial charge on any atom is 0.239 e. The van der Waals surface area contributed by atoms with Gasteiger partial charge in [0.15, 0.2) is 0 Å². The average molecular weight is 298 g/mol. The Morgan fingerprint density at radius 3 is 2.80 bits per heavy atom. The summed E-state index contributed by atoms with van der Waals surface area (Å²) in [6.45, 7) is 5.41. The molecule has 0 saturated carbocycles. The number of phenols is 1. The van der Waals surface area contributed by atoms with Crippen molar-refractivity contribution in [2.24, 2.45) is 0 Å². The van der Waals surface area contributed by atoms with Crippen molar-refractivity contribution in [1.82, 2.24) is 5.32 Å². The summed E-state index contributed by atoms with van der Waals surface area (Å²) in [5.74, 6) is 0.0843. The van der Waals surface area contributed by atoms with Crippen LogP contribution in [0.15, 0.2) is 18.2 Å². The van der Waals surface area contributed by atoms with Crippen LogP contribution in [-0.2, 0) is 10.0 Å². The molecule has 1 aromatic carbocycles. The molecule has 0 spiro atoms. The predicted molar refractivity (Wildman–Crippen MR) is 80.7 cm³/mol. The molecule has 1 unspecified atom stereocenters. The van der Waals surface area contributed by atoms with Gasteiger partial charge in [-0.25, -0.2) is 8.42 Å². The van der Waals surface area contributed by atoms with E-state index in [9.17, 15) is 13.5 Å². The van der Waals surface area contributed by atoms with E-state index >= 15 is 0 Å². The number of piperidine rings is 1. The van der Waals surface area contributed by atoms with Gasteiger partial charge < -0.3 is 10.4 Å². The molecule has 0 amide bonds. The number of aryl methyl sites for hydroxylation is 1. The Labute approximate surface area is 120 Å². The van der Waals surface area contributed by atoms with Gasteiger partial charge in [0, 0.05) is 19.2 Å². The molecule has 1 heterocycles. The molecule has 1 aliphatic rings. The quantitative estimate of drug-likeness (QED) is 0.886. The van der Waals surface area contributed by atoms with Gasteiger partial charge in [-0.15, -0.1) is 0 Å². The third kappa shape index (κ3) is 2.91. The summed E-state index contributed by atoms with van der Waals surface area (Å²) in [5.41, 5.74) is 1.41. The maximum atomic E-state index is 12.8. The fourth-order valence-corrected chi connectivity index (χ4v) is 4.59. The van der Waals surface area contributed by atoms with Crippen LogP contribution in [0.25, 0.3) is 0 Å². The van der Waals surface area contributed by atoms with Crippen LogP contribution in [0.3, 0.4) is 0 Å². The monoisotopic (exact) mass is 298 g/mol. The van der Waals surface area contributed by atoms with Crippen LogP contribution in [0.4, 0.5) is 5.69 Å². The molecule has 1 atom stereocenters. The molecular formula is C14H22N2O3S. The summed E-state index contributed by atoms with van der Waals surface area (Å²) >= 11 is 0. The van der Waals surface area contributed by atoms with E-state index in [4.69, 9.17) is 0 Å². The van der Waals surface area contributed by atoms with Crippen molar-refractivity contribution in [3.05, 3.63) is 23.8 Å². The first kappa shape index (κ1) is 15.1. The SMILES string of the molecule is CCN(c1cc(O)ccc1C)S(=O)(=O)C1CCCNC1. The Kier molecular flexibility index (Phi) is 4.55. The molecule has 0 radical (unpaired) electrons. The van der Waals surface area contributed by atoms with E-state index in [0.717, 1.165) is 18.5 Å². The van der Waals surface area contributed by atoms with Crippen LogP contribution in [0.1, 0.15) is 25.3 Å². The number of nitrogens with zero attached hydrogens (tertiary/aromatic N) is 1. The molecule has 1 fully saturated rings. The fraction of sp³-hybridized carbons (Fsp3) is 0.571. The average Bonchev–Trinajstić information content (AvgIpc) is 2.44. The molecule has 6 heteroatoms. The van der Waals surface area contributed by atoms with E-state index in [1.165, 1.54) is 10.4 Å². The summed E-state index contributed by atoms with van der Waals surface area (Å²) in [6.07, 6.45) is 1.56. The van der Waals surface area contributed by atoms with Crippen molar-refractivity contribution in [3.63, 3.8) is 0 Å². The van der Waals surface area contributed by atoms with Gasteiger partial charge in [0.2, 0.25) is 10.0 Å². The lowest BCUT2D eigenvalue weighted by Crippen LogP contribution is -2.46. The molecule has 1 aliphatic heterocycles. The van der Waals surface area contributed by atoms with Crippen molar-refractivity contribution in [2.75, 3.05) is 23.9 Å². The summed E-state index contributed by atoms with van der Waals surface area (Å²) < 4.78 is 27.0. The number of anilines is 1. The van der Waals surface area contributed by atoms with Gasteiger partial charge >= 0.3 is 0 Å². The Bertz CT molecular complexity index is 566. The number of rotatable bonds is 4. The van der Waals surface area contributed by atoms with Crippen LogP contribution >= 0.6 is 0 Å². The van der Waals surface area contributed by atoms with Crippen LogP contribution in [-0.4, -0.2) is 38.4 Å². The maximum absolute atomic E-state index is 12.8. The molecular weight excluding hydrogens is 276 g/mol. The van der Waals surface area contributed by atoms with Crippen molar-refractivity contribution in [1.29, 1.82) is 0 Å². The molecule has 0 aliphatic carbocycles. The van der Waals surface area contributed by atoms with Gasteiger partial charge in [0.05, 0.1) is 10.9 Å². The van der Waals surface area contributed by atoms with Crippen LogP contribution in [0.5, 0.6) is 5.75 Å². The number of sulfonamides is 1. The van der Waals surface area contributed by atoms with Crippen molar-refractivity contribution < 1.29 is 13.5 Å². The highest BCUT2D eigenvalue weighted by Crippen LogP contribution is 2.29. The number of hydrogen-bond donors (Lipinski definition) is 2. The van der Waals surface area contributed by atoms with E-state index in [-0.39, 0.29) is 5.75 Å². The molecule has 5 nitrogen and oxygen atoms in total. The predicted octanol–water partition coefficient (Wildman–Crippen LogP) is 1.61. The fourth-order valence-electron chi connectivity index (χ4n) is 2.61. The lowest BCUT2D eigenvalue weighted by molar-refractivity contribution is 0.475. The van der Waals surface area contributed by atoms with Gasteiger partial charge in [0.1, 0.15) is 5.75 Å². The third-order valence-electron chi connectivity index (χ3n) is 3.73. The Morgan fingerprint density at radius 1 is 1.45 bits per heavy atom. The van der Waals surface area contributed by atoms with E-state index in [1.807, 2.05) is 13.8 Å². The van der Waals surface area contributed by atoms with E-state index in [1.54, 1.807) is 12.1 Å². The number of hydrogen-bond acceptors (Lipinski definition) is 4. The van der Waals surface area contributed by atoms with E-state index < -0.39 is 15.3 Å². The lowest BCUT2D eigenvalue weighted by Gasteiger charge is -2.31. The minimum Gasteiger partial charge on any atom is -0.508 e. The second kappa shape index (κ2) is 6.01. The standard InChI is InChI=1S/C14H22N2O3S/c1-3-16(14-9-12(17)7-6-11(14)2)20(18,19)13-5-4-8-15-10-13/h6-7,9,13,15,17H,3-5,8,10H2,1-2H3. The highest BCUT2D eigenvalue weighted by Gasteiger charge is 2.33. The summed E-state index contributed by atoms with van der Waals surface area (Å²) in [7, 11) is -3.41. The highest BCUT2D eigenvalue weighted by atomic mass is 32.2. The topological polar surface area (TPSA) is 69.6 Å². The number of aromatic hydroxyl groups is 1. The Morgan fingerprint density at radius 2 is 2.20 bits per heavy atom. The van der Waals surface area contributed by atoms with Gasteiger partial charge in [0.25, 0.3) is 0 Å². The Hall–Kier alpha value is -1.27. The summed E-state index contributed by atoms with van der Waals surface area (Å²) in [4.78, 5) is 0. The normalized spacial score (nSPS) is 19.8. The number of benzene rings is 1. The number of nitrogens with one attached hydrogen (secondary N) is 1. The van der Waals surface area contributed by atoms with E-state index in [2.05, 4.69) is 5.32 Å². The molecule has 0 bridgehead atoms. The van der Waals surface area contributed by atoms with Crippen molar-refractivity contribution in [3.8, 4) is 5.75 Å². The van der Waals surface area contributed by atoms with Crippen molar-refractivity contribution >= 4 is 15.7 Å². The van der Waals surface area contributed by atoms with Crippen molar-refractivity contribution in [2.45, 2.75) is 31.9 Å². The second-order valence-electron chi connectivity index (χ2n) is 5.15. The van der Waals surface area contributed by atoms with Crippen LogP contribution in [0.2, 0.25) is 0 Å². The molecule has 1 saturated heterocycles. The first-order valence-corrected chi connectivity index (χ1v) is 8.49. The molecule has 1 aromatic rings. The second-order valence-corrected chi connectivity index (χ2v) is 7.29. The minimum atomic E-state index is -3.41. The molecule has 2 rings (SSSR count). The van der Waals surface area contributed by atoms with Crippen LogP contribution in [0, 0.1) is 6.92 Å². The van der Waals surface area contributed by atoms with Gasteiger partial charge in [-0.1, -0.05) is 6.07 Å². The van der Waals surface area contributed by atoms with Gasteiger partial charge in [-0.05, 0) is 44.9 Å². The zero-order valence-electron chi connectivity index (χ0n) is 12.0. The smallest absolute Gasteiger partial charge is 0.239 e. The zero-order chi connectivity index (χ0) is 14.8. The lowest BCUT2D eigenvalue weighted by atomic mass is 10.2. The Balaban J connectivity index is 2.37. The summed E-state index contributed by atoms with van der Waals surface area (Å²) in [5, 5.41) is 12.4. The van der Waals surface area contributed by atoms with Crippen LogP contribution < -0.4 is 9.62 Å². The molecule has 112 valence electrons. The molecule has 2 N–H and O–H groups in total. The van der Waals surface area contributed by atoms with E-state index in [0.29, 0.717) is 25.2 Å². The summed E-state index contributed by atoms with van der Waals surface area (Å²) in [6, 6.07) is 4.83.